The van der Waals surface area contributed by atoms with Crippen LogP contribution in [0.5, 0.6) is 5.75 Å². The van der Waals surface area contributed by atoms with E-state index in [0.29, 0.717) is 6.54 Å². The van der Waals surface area contributed by atoms with Gasteiger partial charge >= 0.3 is 0 Å². The van der Waals surface area contributed by atoms with Crippen LogP contribution in [0.4, 0.5) is 4.39 Å². The molecule has 4 heteroatoms. The van der Waals surface area contributed by atoms with E-state index in [0.717, 1.165) is 23.2 Å². The summed E-state index contributed by atoms with van der Waals surface area (Å²) in [5.74, 6) is -0.0725. The molecule has 21 heavy (non-hydrogen) atoms. The highest BCUT2D eigenvalue weighted by Gasteiger charge is 2.06. The first-order valence-corrected chi connectivity index (χ1v) is 6.82. The van der Waals surface area contributed by atoms with Gasteiger partial charge in [0.25, 0.3) is 0 Å². The van der Waals surface area contributed by atoms with Gasteiger partial charge in [0.1, 0.15) is 0 Å². The zero-order valence-electron chi connectivity index (χ0n) is 12.3. The molecule has 0 radical (unpaired) electrons. The van der Waals surface area contributed by atoms with Crippen molar-refractivity contribution in [3.63, 3.8) is 0 Å². The number of hydrogen-bond donors (Lipinski definition) is 1. The van der Waals surface area contributed by atoms with E-state index in [-0.39, 0.29) is 18.2 Å². The third-order valence-electron chi connectivity index (χ3n) is 3.33. The maximum absolute atomic E-state index is 13.6. The summed E-state index contributed by atoms with van der Waals surface area (Å²) in [5.41, 5.74) is 2.96. The Morgan fingerprint density at radius 1 is 1.00 bits per heavy atom. The Morgan fingerprint density at radius 3 is 2.14 bits per heavy atom. The number of benzene rings is 2. The molecule has 0 saturated heterocycles. The van der Waals surface area contributed by atoms with E-state index in [4.69, 9.17) is 9.84 Å². The minimum Gasteiger partial charge on any atom is -0.494 e. The van der Waals surface area contributed by atoms with Gasteiger partial charge in [0.05, 0.1) is 13.7 Å². The summed E-state index contributed by atoms with van der Waals surface area (Å²) in [6.07, 6.45) is 0. The quantitative estimate of drug-likeness (QED) is 0.887. The lowest BCUT2D eigenvalue weighted by atomic mass is 10.1. The molecule has 0 amide bonds. The van der Waals surface area contributed by atoms with Crippen molar-refractivity contribution >= 4 is 0 Å². The molecule has 3 nitrogen and oxygen atoms in total. The number of halogens is 1. The van der Waals surface area contributed by atoms with Crippen LogP contribution in [0.3, 0.4) is 0 Å². The molecule has 0 heterocycles. The molecule has 2 aromatic rings. The van der Waals surface area contributed by atoms with Gasteiger partial charge in [-0.05, 0) is 35.9 Å². The van der Waals surface area contributed by atoms with Crippen molar-refractivity contribution in [3.8, 4) is 5.75 Å². The highest BCUT2D eigenvalue weighted by molar-refractivity contribution is 5.29. The molecule has 112 valence electrons. The van der Waals surface area contributed by atoms with Crippen LogP contribution in [0.1, 0.15) is 16.7 Å². The SMILES string of the molecule is COc1ccc(CN(C)Cc2ccc(CO)cc2)cc1F. The molecular formula is C17H20FNO2. The van der Waals surface area contributed by atoms with Gasteiger partial charge in [0.15, 0.2) is 11.6 Å². The number of ether oxygens (including phenoxy) is 1. The molecule has 0 spiro atoms. The molecule has 0 atom stereocenters. The van der Waals surface area contributed by atoms with Gasteiger partial charge in [-0.25, -0.2) is 4.39 Å². The second-order valence-corrected chi connectivity index (χ2v) is 5.12. The molecule has 0 aliphatic carbocycles. The lowest BCUT2D eigenvalue weighted by Gasteiger charge is -2.17. The van der Waals surface area contributed by atoms with E-state index >= 15 is 0 Å². The molecular weight excluding hydrogens is 269 g/mol. The van der Waals surface area contributed by atoms with E-state index in [1.54, 1.807) is 6.07 Å². The second kappa shape index (κ2) is 7.20. The Hall–Kier alpha value is -1.91. The van der Waals surface area contributed by atoms with Crippen molar-refractivity contribution in [1.82, 2.24) is 4.90 Å². The van der Waals surface area contributed by atoms with E-state index in [1.165, 1.54) is 13.2 Å². The molecule has 0 bridgehead atoms. The smallest absolute Gasteiger partial charge is 0.165 e. The fourth-order valence-electron chi connectivity index (χ4n) is 2.24. The second-order valence-electron chi connectivity index (χ2n) is 5.12. The topological polar surface area (TPSA) is 32.7 Å². The van der Waals surface area contributed by atoms with Crippen molar-refractivity contribution in [2.45, 2.75) is 19.7 Å². The molecule has 0 saturated carbocycles. The fourth-order valence-corrected chi connectivity index (χ4v) is 2.24. The molecule has 0 aromatic heterocycles. The summed E-state index contributed by atoms with van der Waals surface area (Å²) in [4.78, 5) is 2.11. The van der Waals surface area contributed by atoms with Crippen molar-refractivity contribution in [1.29, 1.82) is 0 Å². The lowest BCUT2D eigenvalue weighted by molar-refractivity contribution is 0.281. The van der Waals surface area contributed by atoms with E-state index in [2.05, 4.69) is 4.90 Å². The fraction of sp³-hybridized carbons (Fsp3) is 0.294. The first-order chi connectivity index (χ1) is 10.1. The minimum atomic E-state index is -0.337. The predicted octanol–water partition coefficient (Wildman–Crippen LogP) is 2.96. The monoisotopic (exact) mass is 289 g/mol. The van der Waals surface area contributed by atoms with Crippen molar-refractivity contribution < 1.29 is 14.2 Å². The molecule has 0 aliphatic rings. The van der Waals surface area contributed by atoms with Gasteiger partial charge in [-0.15, -0.1) is 0 Å². The number of aliphatic hydroxyl groups excluding tert-OH is 1. The number of rotatable bonds is 6. The molecule has 0 fully saturated rings. The first kappa shape index (κ1) is 15.5. The van der Waals surface area contributed by atoms with Crippen LogP contribution in [0, 0.1) is 5.82 Å². The molecule has 2 aromatic carbocycles. The summed E-state index contributed by atoms with van der Waals surface area (Å²) in [6.45, 7) is 1.48. The molecule has 2 rings (SSSR count). The van der Waals surface area contributed by atoms with E-state index < -0.39 is 0 Å². The van der Waals surface area contributed by atoms with E-state index in [1.807, 2.05) is 37.4 Å². The summed E-state index contributed by atoms with van der Waals surface area (Å²) in [6, 6.07) is 12.8. The maximum atomic E-state index is 13.6. The zero-order chi connectivity index (χ0) is 15.2. The third-order valence-corrected chi connectivity index (χ3v) is 3.33. The highest BCUT2D eigenvalue weighted by Crippen LogP contribution is 2.19. The van der Waals surface area contributed by atoms with Crippen LogP contribution in [0.15, 0.2) is 42.5 Å². The van der Waals surface area contributed by atoms with Gasteiger partial charge in [0.2, 0.25) is 0 Å². The number of aliphatic hydroxyl groups is 1. The van der Waals surface area contributed by atoms with Crippen LogP contribution < -0.4 is 4.74 Å². The van der Waals surface area contributed by atoms with Crippen LogP contribution in [0.2, 0.25) is 0 Å². The van der Waals surface area contributed by atoms with Crippen LogP contribution in [-0.4, -0.2) is 24.2 Å². The average molecular weight is 289 g/mol. The van der Waals surface area contributed by atoms with Gasteiger partial charge in [-0.2, -0.15) is 0 Å². The van der Waals surface area contributed by atoms with Crippen LogP contribution >= 0.6 is 0 Å². The summed E-state index contributed by atoms with van der Waals surface area (Å²) >= 11 is 0. The average Bonchev–Trinajstić information content (AvgIpc) is 2.48. The zero-order valence-corrected chi connectivity index (χ0v) is 12.3. The Morgan fingerprint density at radius 2 is 1.57 bits per heavy atom. The predicted molar refractivity (Wildman–Crippen MR) is 80.5 cm³/mol. The van der Waals surface area contributed by atoms with Gasteiger partial charge in [-0.1, -0.05) is 30.3 Å². The largest absolute Gasteiger partial charge is 0.494 e. The third kappa shape index (κ3) is 4.28. The Kier molecular flexibility index (Phi) is 5.31. The number of methoxy groups -OCH3 is 1. The summed E-state index contributed by atoms with van der Waals surface area (Å²) in [7, 11) is 3.45. The van der Waals surface area contributed by atoms with Gasteiger partial charge in [-0.3, -0.25) is 4.90 Å². The lowest BCUT2D eigenvalue weighted by Crippen LogP contribution is -2.17. The highest BCUT2D eigenvalue weighted by atomic mass is 19.1. The molecule has 1 N–H and O–H groups in total. The minimum absolute atomic E-state index is 0.0568. The van der Waals surface area contributed by atoms with Crippen LogP contribution in [0.25, 0.3) is 0 Å². The Bertz CT molecular complexity index is 584. The van der Waals surface area contributed by atoms with Crippen molar-refractivity contribution in [3.05, 3.63) is 65.0 Å². The van der Waals surface area contributed by atoms with Crippen molar-refractivity contribution in [2.24, 2.45) is 0 Å². The molecule has 0 unspecified atom stereocenters. The van der Waals surface area contributed by atoms with Crippen molar-refractivity contribution in [2.75, 3.05) is 14.2 Å². The maximum Gasteiger partial charge on any atom is 0.165 e. The number of hydrogen-bond acceptors (Lipinski definition) is 3. The first-order valence-electron chi connectivity index (χ1n) is 6.82. The number of nitrogens with zero attached hydrogens (tertiary/aromatic N) is 1. The standard InChI is InChI=1S/C17H20FNO2/c1-19(10-13-3-5-14(12-20)6-4-13)11-15-7-8-17(21-2)16(18)9-15/h3-9,20H,10-12H2,1-2H3. The van der Waals surface area contributed by atoms with E-state index in [9.17, 15) is 4.39 Å². The Labute approximate surface area is 124 Å². The summed E-state index contributed by atoms with van der Waals surface area (Å²) < 4.78 is 18.6. The van der Waals surface area contributed by atoms with Crippen LogP contribution in [-0.2, 0) is 19.7 Å². The van der Waals surface area contributed by atoms with Gasteiger partial charge in [0, 0.05) is 13.1 Å². The Balaban J connectivity index is 1.97. The molecule has 0 aliphatic heterocycles. The van der Waals surface area contributed by atoms with Gasteiger partial charge < -0.3 is 9.84 Å². The normalized spacial score (nSPS) is 10.9. The summed E-state index contributed by atoms with van der Waals surface area (Å²) in [5, 5.41) is 9.02.